The molecule has 0 fully saturated rings. The standard InChI is InChI=1S/C18H20O2/c1-18(2,3)11-8-9-14-15(10-11)17(20)13-7-5-4-6-12(13)16(14)19/h4-8,19-20H,9-10H2,1-3H3. The molecule has 0 heterocycles. The first-order chi connectivity index (χ1) is 9.39. The summed E-state index contributed by atoms with van der Waals surface area (Å²) in [6.07, 6.45) is 3.59. The molecule has 0 spiro atoms. The molecule has 0 aliphatic heterocycles. The lowest BCUT2D eigenvalue weighted by Crippen LogP contribution is -2.16. The van der Waals surface area contributed by atoms with Crippen molar-refractivity contribution in [2.45, 2.75) is 33.6 Å². The second-order valence-electron chi connectivity index (χ2n) is 6.56. The number of allylic oxidation sites excluding steroid dienone is 2. The highest BCUT2D eigenvalue weighted by molar-refractivity contribution is 5.95. The Bertz CT molecular complexity index is 718. The quantitative estimate of drug-likeness (QED) is 0.551. The first-order valence-corrected chi connectivity index (χ1v) is 7.03. The summed E-state index contributed by atoms with van der Waals surface area (Å²) < 4.78 is 0. The monoisotopic (exact) mass is 268 g/mol. The summed E-state index contributed by atoms with van der Waals surface area (Å²) in [6.45, 7) is 6.55. The van der Waals surface area contributed by atoms with Crippen molar-refractivity contribution in [3.05, 3.63) is 47.0 Å². The van der Waals surface area contributed by atoms with Crippen molar-refractivity contribution in [2.24, 2.45) is 5.41 Å². The molecular formula is C18H20O2. The summed E-state index contributed by atoms with van der Waals surface area (Å²) in [5, 5.41) is 22.5. The van der Waals surface area contributed by atoms with Crippen molar-refractivity contribution in [3.63, 3.8) is 0 Å². The van der Waals surface area contributed by atoms with Gasteiger partial charge in [-0.3, -0.25) is 0 Å². The van der Waals surface area contributed by atoms with E-state index in [0.29, 0.717) is 24.3 Å². The van der Waals surface area contributed by atoms with Crippen molar-refractivity contribution < 1.29 is 10.2 Å². The van der Waals surface area contributed by atoms with Crippen molar-refractivity contribution in [1.29, 1.82) is 0 Å². The maximum Gasteiger partial charge on any atom is 0.127 e. The molecule has 3 rings (SSSR count). The fourth-order valence-corrected chi connectivity index (χ4v) is 2.98. The third-order valence-corrected chi connectivity index (χ3v) is 4.26. The molecule has 1 aliphatic rings. The Labute approximate surface area is 119 Å². The van der Waals surface area contributed by atoms with E-state index in [-0.39, 0.29) is 5.41 Å². The maximum absolute atomic E-state index is 10.6. The van der Waals surface area contributed by atoms with Crippen molar-refractivity contribution in [1.82, 2.24) is 0 Å². The van der Waals surface area contributed by atoms with Crippen LogP contribution in [0, 0.1) is 5.41 Å². The van der Waals surface area contributed by atoms with Gasteiger partial charge in [-0.1, -0.05) is 56.7 Å². The van der Waals surface area contributed by atoms with Crippen LogP contribution < -0.4 is 0 Å². The van der Waals surface area contributed by atoms with Crippen LogP contribution in [0.15, 0.2) is 35.9 Å². The summed E-state index contributed by atoms with van der Waals surface area (Å²) >= 11 is 0. The van der Waals surface area contributed by atoms with E-state index in [9.17, 15) is 10.2 Å². The predicted molar refractivity (Wildman–Crippen MR) is 82.2 cm³/mol. The zero-order valence-corrected chi connectivity index (χ0v) is 12.2. The van der Waals surface area contributed by atoms with Gasteiger partial charge in [0.15, 0.2) is 0 Å². The zero-order valence-electron chi connectivity index (χ0n) is 12.2. The fraction of sp³-hybridized carbons (Fsp3) is 0.333. The summed E-state index contributed by atoms with van der Waals surface area (Å²) in [7, 11) is 0. The summed E-state index contributed by atoms with van der Waals surface area (Å²) in [5.41, 5.74) is 3.16. The highest BCUT2D eigenvalue weighted by Crippen LogP contribution is 2.44. The molecule has 2 heteroatoms. The number of hydrogen-bond acceptors (Lipinski definition) is 2. The lowest BCUT2D eigenvalue weighted by molar-refractivity contribution is 0.447. The third-order valence-electron chi connectivity index (χ3n) is 4.26. The molecule has 0 amide bonds. The molecular weight excluding hydrogens is 248 g/mol. The number of fused-ring (bicyclic) bond motifs is 2. The topological polar surface area (TPSA) is 40.5 Å². The SMILES string of the molecule is CC(C)(C)C1=CCc2c(c(O)c3ccccc3c2O)C1. The Kier molecular flexibility index (Phi) is 2.79. The average Bonchev–Trinajstić information content (AvgIpc) is 2.43. The normalized spacial score (nSPS) is 15.1. The van der Waals surface area contributed by atoms with Gasteiger partial charge in [0, 0.05) is 21.9 Å². The molecule has 20 heavy (non-hydrogen) atoms. The van der Waals surface area contributed by atoms with Crippen LogP contribution in [0.3, 0.4) is 0 Å². The molecule has 0 radical (unpaired) electrons. The van der Waals surface area contributed by atoms with Gasteiger partial charge in [0.05, 0.1) is 0 Å². The van der Waals surface area contributed by atoms with Crippen LogP contribution in [0.25, 0.3) is 10.8 Å². The van der Waals surface area contributed by atoms with Gasteiger partial charge in [-0.15, -0.1) is 0 Å². The minimum atomic E-state index is 0.0887. The number of rotatable bonds is 0. The summed E-state index contributed by atoms with van der Waals surface area (Å²) in [6, 6.07) is 7.48. The number of aromatic hydroxyl groups is 2. The molecule has 2 aromatic rings. The van der Waals surface area contributed by atoms with E-state index in [1.54, 1.807) is 0 Å². The largest absolute Gasteiger partial charge is 0.507 e. The molecule has 0 unspecified atom stereocenters. The molecule has 0 atom stereocenters. The van der Waals surface area contributed by atoms with Crippen LogP contribution in [-0.4, -0.2) is 10.2 Å². The first kappa shape index (κ1) is 13.0. The van der Waals surface area contributed by atoms with E-state index in [1.807, 2.05) is 24.3 Å². The molecule has 2 N–H and O–H groups in total. The molecule has 1 aliphatic carbocycles. The summed E-state index contributed by atoms with van der Waals surface area (Å²) in [5.74, 6) is 0.640. The zero-order chi connectivity index (χ0) is 14.5. The molecule has 2 aromatic carbocycles. The number of hydrogen-bond donors (Lipinski definition) is 2. The Morgan fingerprint density at radius 1 is 0.900 bits per heavy atom. The van der Waals surface area contributed by atoms with Gasteiger partial charge in [0.1, 0.15) is 11.5 Å². The van der Waals surface area contributed by atoms with Crippen molar-refractivity contribution in [3.8, 4) is 11.5 Å². The van der Waals surface area contributed by atoms with Crippen molar-refractivity contribution >= 4 is 10.8 Å². The minimum Gasteiger partial charge on any atom is -0.507 e. The predicted octanol–water partition coefficient (Wildman–Crippen LogP) is 4.32. The minimum absolute atomic E-state index is 0.0887. The molecule has 0 aromatic heterocycles. The Morgan fingerprint density at radius 2 is 1.45 bits per heavy atom. The van der Waals surface area contributed by atoms with Crippen LogP contribution in [0.5, 0.6) is 11.5 Å². The van der Waals surface area contributed by atoms with E-state index in [2.05, 4.69) is 26.8 Å². The third kappa shape index (κ3) is 1.87. The lowest BCUT2D eigenvalue weighted by atomic mass is 9.77. The number of phenols is 2. The highest BCUT2D eigenvalue weighted by Gasteiger charge is 2.26. The molecule has 0 saturated carbocycles. The van der Waals surface area contributed by atoms with Crippen LogP contribution >= 0.6 is 0 Å². The summed E-state index contributed by atoms with van der Waals surface area (Å²) in [4.78, 5) is 0. The molecule has 0 bridgehead atoms. The molecule has 0 saturated heterocycles. The van der Waals surface area contributed by atoms with Gasteiger partial charge in [-0.05, 0) is 18.3 Å². The Hall–Kier alpha value is -1.96. The first-order valence-electron chi connectivity index (χ1n) is 7.03. The van der Waals surface area contributed by atoms with Crippen molar-refractivity contribution in [2.75, 3.05) is 0 Å². The van der Waals surface area contributed by atoms with Crippen LogP contribution in [0.4, 0.5) is 0 Å². The lowest BCUT2D eigenvalue weighted by Gasteiger charge is -2.29. The van der Waals surface area contributed by atoms with E-state index < -0.39 is 0 Å². The maximum atomic E-state index is 10.6. The van der Waals surface area contributed by atoms with E-state index in [0.717, 1.165) is 21.9 Å². The highest BCUT2D eigenvalue weighted by atomic mass is 16.3. The van der Waals surface area contributed by atoms with Gasteiger partial charge in [0.2, 0.25) is 0 Å². The van der Waals surface area contributed by atoms with Gasteiger partial charge in [-0.2, -0.15) is 0 Å². The van der Waals surface area contributed by atoms with E-state index >= 15 is 0 Å². The smallest absolute Gasteiger partial charge is 0.127 e. The molecule has 2 nitrogen and oxygen atoms in total. The van der Waals surface area contributed by atoms with Gasteiger partial charge < -0.3 is 10.2 Å². The van der Waals surface area contributed by atoms with Gasteiger partial charge in [0.25, 0.3) is 0 Å². The van der Waals surface area contributed by atoms with Gasteiger partial charge in [-0.25, -0.2) is 0 Å². The van der Waals surface area contributed by atoms with Crippen LogP contribution in [0.1, 0.15) is 31.9 Å². The number of benzene rings is 2. The van der Waals surface area contributed by atoms with E-state index in [4.69, 9.17) is 0 Å². The van der Waals surface area contributed by atoms with E-state index in [1.165, 1.54) is 5.57 Å². The second-order valence-corrected chi connectivity index (χ2v) is 6.56. The van der Waals surface area contributed by atoms with Gasteiger partial charge >= 0.3 is 0 Å². The number of phenolic OH excluding ortho intramolecular Hbond substituents is 2. The Balaban J connectivity index is 2.24. The molecule has 104 valence electrons. The Morgan fingerprint density at radius 3 is 2.00 bits per heavy atom. The van der Waals surface area contributed by atoms with Crippen LogP contribution in [0.2, 0.25) is 0 Å². The van der Waals surface area contributed by atoms with Crippen LogP contribution in [-0.2, 0) is 12.8 Å². The average molecular weight is 268 g/mol. The fourth-order valence-electron chi connectivity index (χ4n) is 2.98. The second kappa shape index (κ2) is 4.27.